The van der Waals surface area contributed by atoms with Crippen molar-refractivity contribution in [1.82, 2.24) is 0 Å². The zero-order chi connectivity index (χ0) is 11.7. The van der Waals surface area contributed by atoms with Gasteiger partial charge in [0.2, 0.25) is 0 Å². The summed E-state index contributed by atoms with van der Waals surface area (Å²) in [7, 11) is 0. The van der Waals surface area contributed by atoms with Crippen molar-refractivity contribution >= 4 is 5.69 Å². The van der Waals surface area contributed by atoms with Crippen LogP contribution in [0.15, 0.2) is 18.2 Å². The standard InChI is InChI=1S/C15H21NO/c17-11-12-5-4-8-15-14(12)9-10-16(15)13-6-2-1-3-7-13/h4-5,8,13,17H,1-3,6-7,9-11H2. The second kappa shape index (κ2) is 4.69. The van der Waals surface area contributed by atoms with Crippen LogP contribution in [0.5, 0.6) is 0 Å². The number of anilines is 1. The van der Waals surface area contributed by atoms with Crippen LogP contribution in [0.4, 0.5) is 5.69 Å². The van der Waals surface area contributed by atoms with Crippen molar-refractivity contribution in [2.24, 2.45) is 0 Å². The number of benzene rings is 1. The van der Waals surface area contributed by atoms with Gasteiger partial charge in [0.1, 0.15) is 0 Å². The monoisotopic (exact) mass is 231 g/mol. The summed E-state index contributed by atoms with van der Waals surface area (Å²) < 4.78 is 0. The summed E-state index contributed by atoms with van der Waals surface area (Å²) in [4.78, 5) is 2.59. The molecule has 0 unspecified atom stereocenters. The number of nitrogens with zero attached hydrogens (tertiary/aromatic N) is 1. The maximum absolute atomic E-state index is 9.38. The first-order chi connectivity index (χ1) is 8.40. The summed E-state index contributed by atoms with van der Waals surface area (Å²) in [6.45, 7) is 1.33. The minimum absolute atomic E-state index is 0.182. The van der Waals surface area contributed by atoms with Crippen LogP contribution in [0, 0.1) is 0 Å². The summed E-state index contributed by atoms with van der Waals surface area (Å²) in [5.41, 5.74) is 3.91. The van der Waals surface area contributed by atoms with Gasteiger partial charge in [0, 0.05) is 18.3 Å². The lowest BCUT2D eigenvalue weighted by Gasteiger charge is -2.33. The number of hydrogen-bond donors (Lipinski definition) is 1. The Morgan fingerprint density at radius 1 is 1.18 bits per heavy atom. The van der Waals surface area contributed by atoms with Gasteiger partial charge in [-0.15, -0.1) is 0 Å². The molecular weight excluding hydrogens is 210 g/mol. The molecule has 0 spiro atoms. The summed E-state index contributed by atoms with van der Waals surface area (Å²) in [5, 5.41) is 9.38. The molecule has 1 saturated carbocycles. The minimum Gasteiger partial charge on any atom is -0.392 e. The van der Waals surface area contributed by atoms with Gasteiger partial charge in [-0.25, -0.2) is 0 Å². The highest BCUT2D eigenvalue weighted by atomic mass is 16.3. The molecule has 0 amide bonds. The summed E-state index contributed by atoms with van der Waals surface area (Å²) in [5.74, 6) is 0. The zero-order valence-electron chi connectivity index (χ0n) is 10.4. The molecule has 1 heterocycles. The highest BCUT2D eigenvalue weighted by Gasteiger charge is 2.28. The van der Waals surface area contributed by atoms with Crippen molar-refractivity contribution in [1.29, 1.82) is 0 Å². The highest BCUT2D eigenvalue weighted by molar-refractivity contribution is 5.61. The summed E-state index contributed by atoms with van der Waals surface area (Å²) in [6.07, 6.45) is 7.99. The summed E-state index contributed by atoms with van der Waals surface area (Å²) in [6, 6.07) is 7.13. The van der Waals surface area contributed by atoms with E-state index in [9.17, 15) is 5.11 Å². The first-order valence-electron chi connectivity index (χ1n) is 6.88. The Bertz CT molecular complexity index is 396. The van der Waals surface area contributed by atoms with Crippen molar-refractivity contribution in [2.75, 3.05) is 11.4 Å². The van der Waals surface area contributed by atoms with Crippen LogP contribution in [0.25, 0.3) is 0 Å². The van der Waals surface area contributed by atoms with E-state index >= 15 is 0 Å². The predicted octanol–water partition coefficient (Wildman–Crippen LogP) is 2.87. The van der Waals surface area contributed by atoms with E-state index in [4.69, 9.17) is 0 Å². The first-order valence-corrected chi connectivity index (χ1v) is 6.88. The van der Waals surface area contributed by atoms with Gasteiger partial charge in [0.15, 0.2) is 0 Å². The van der Waals surface area contributed by atoms with Gasteiger partial charge in [-0.05, 0) is 36.5 Å². The van der Waals surface area contributed by atoms with Crippen LogP contribution < -0.4 is 4.90 Å². The Balaban J connectivity index is 1.87. The SMILES string of the molecule is OCc1cccc2c1CCN2C1CCCCC1. The van der Waals surface area contributed by atoms with Gasteiger partial charge in [-0.1, -0.05) is 31.4 Å². The van der Waals surface area contributed by atoms with E-state index in [-0.39, 0.29) is 6.61 Å². The molecule has 2 aliphatic rings. The fourth-order valence-electron chi connectivity index (χ4n) is 3.45. The van der Waals surface area contributed by atoms with E-state index in [2.05, 4.69) is 23.1 Å². The quantitative estimate of drug-likeness (QED) is 0.846. The van der Waals surface area contributed by atoms with E-state index in [1.807, 2.05) is 0 Å². The minimum atomic E-state index is 0.182. The third kappa shape index (κ3) is 1.95. The van der Waals surface area contributed by atoms with Crippen LogP contribution in [0.1, 0.15) is 43.2 Å². The third-order valence-electron chi connectivity index (χ3n) is 4.35. The summed E-state index contributed by atoms with van der Waals surface area (Å²) >= 11 is 0. The largest absolute Gasteiger partial charge is 0.392 e. The molecular formula is C15H21NO. The van der Waals surface area contributed by atoms with Crippen LogP contribution in [-0.4, -0.2) is 17.7 Å². The fraction of sp³-hybridized carbons (Fsp3) is 0.600. The molecule has 1 aromatic rings. The molecule has 1 N–H and O–H groups in total. The molecule has 0 atom stereocenters. The maximum Gasteiger partial charge on any atom is 0.0685 e. The molecule has 1 aliphatic heterocycles. The van der Waals surface area contributed by atoms with Gasteiger partial charge in [0.05, 0.1) is 6.61 Å². The van der Waals surface area contributed by atoms with E-state index in [1.165, 1.54) is 43.4 Å². The number of rotatable bonds is 2. The maximum atomic E-state index is 9.38. The predicted molar refractivity (Wildman–Crippen MR) is 70.3 cm³/mol. The molecule has 3 rings (SSSR count). The third-order valence-corrected chi connectivity index (χ3v) is 4.35. The van der Waals surface area contributed by atoms with Crippen LogP contribution >= 0.6 is 0 Å². The first kappa shape index (κ1) is 11.1. The normalized spacial score (nSPS) is 20.6. The lowest BCUT2D eigenvalue weighted by Crippen LogP contribution is -2.35. The molecule has 1 aliphatic carbocycles. The van der Waals surface area contributed by atoms with Crippen molar-refractivity contribution in [2.45, 2.75) is 51.2 Å². The van der Waals surface area contributed by atoms with Gasteiger partial charge >= 0.3 is 0 Å². The molecule has 2 heteroatoms. The number of aliphatic hydroxyl groups excluding tert-OH is 1. The molecule has 2 nitrogen and oxygen atoms in total. The lowest BCUT2D eigenvalue weighted by atomic mass is 9.94. The molecule has 17 heavy (non-hydrogen) atoms. The number of hydrogen-bond acceptors (Lipinski definition) is 2. The van der Waals surface area contributed by atoms with Crippen LogP contribution in [-0.2, 0) is 13.0 Å². The molecule has 92 valence electrons. The van der Waals surface area contributed by atoms with Gasteiger partial charge in [0.25, 0.3) is 0 Å². The zero-order valence-corrected chi connectivity index (χ0v) is 10.4. The molecule has 1 fully saturated rings. The Morgan fingerprint density at radius 2 is 2.00 bits per heavy atom. The van der Waals surface area contributed by atoms with E-state index < -0.39 is 0 Å². The van der Waals surface area contributed by atoms with E-state index in [0.717, 1.165) is 24.6 Å². The Kier molecular flexibility index (Phi) is 3.06. The second-order valence-corrected chi connectivity index (χ2v) is 5.31. The van der Waals surface area contributed by atoms with Gasteiger partial charge in [-0.2, -0.15) is 0 Å². The van der Waals surface area contributed by atoms with Crippen LogP contribution in [0.2, 0.25) is 0 Å². The van der Waals surface area contributed by atoms with Crippen molar-refractivity contribution in [3.8, 4) is 0 Å². The molecule has 0 bridgehead atoms. The highest BCUT2D eigenvalue weighted by Crippen LogP contribution is 2.35. The van der Waals surface area contributed by atoms with Crippen LogP contribution in [0.3, 0.4) is 0 Å². The fourth-order valence-corrected chi connectivity index (χ4v) is 3.45. The van der Waals surface area contributed by atoms with Crippen molar-refractivity contribution in [3.63, 3.8) is 0 Å². The van der Waals surface area contributed by atoms with Gasteiger partial charge in [-0.3, -0.25) is 0 Å². The van der Waals surface area contributed by atoms with Crippen molar-refractivity contribution in [3.05, 3.63) is 29.3 Å². The van der Waals surface area contributed by atoms with E-state index in [1.54, 1.807) is 0 Å². The number of aliphatic hydroxyl groups is 1. The Hall–Kier alpha value is -1.02. The second-order valence-electron chi connectivity index (χ2n) is 5.31. The molecule has 0 aromatic heterocycles. The average Bonchev–Trinajstić information content (AvgIpc) is 2.83. The lowest BCUT2D eigenvalue weighted by molar-refractivity contribution is 0.281. The molecule has 0 radical (unpaired) electrons. The van der Waals surface area contributed by atoms with E-state index in [0.29, 0.717) is 0 Å². The smallest absolute Gasteiger partial charge is 0.0685 e. The number of fused-ring (bicyclic) bond motifs is 1. The molecule has 0 saturated heterocycles. The van der Waals surface area contributed by atoms with Gasteiger partial charge < -0.3 is 10.0 Å². The topological polar surface area (TPSA) is 23.5 Å². The van der Waals surface area contributed by atoms with Crippen molar-refractivity contribution < 1.29 is 5.11 Å². The average molecular weight is 231 g/mol. The molecule has 1 aromatic carbocycles. The Morgan fingerprint density at radius 3 is 2.76 bits per heavy atom. The Labute approximate surface area is 103 Å².